The van der Waals surface area contributed by atoms with Gasteiger partial charge in [0, 0.05) is 0 Å². The van der Waals surface area contributed by atoms with Crippen molar-refractivity contribution in [3.05, 3.63) is 0 Å². The van der Waals surface area contributed by atoms with Crippen molar-refractivity contribution in [1.82, 2.24) is 0 Å². The van der Waals surface area contributed by atoms with Gasteiger partial charge in [0.05, 0.1) is 6.61 Å². The highest BCUT2D eigenvalue weighted by Gasteiger charge is 2.21. The molecule has 0 rings (SSSR count). The molecule has 0 heterocycles. The van der Waals surface area contributed by atoms with Gasteiger partial charge < -0.3 is 10.5 Å². The highest BCUT2D eigenvalue weighted by Crippen LogP contribution is 2.05. The molecule has 0 bridgehead atoms. The maximum absolute atomic E-state index is 11.2. The van der Waals surface area contributed by atoms with Gasteiger partial charge in [-0.05, 0) is 6.42 Å². The number of nitrogens with two attached hydrogens (primary N) is 1. The second-order valence-electron chi connectivity index (χ2n) is 4.29. The molecule has 0 aromatic rings. The van der Waals surface area contributed by atoms with E-state index in [1.807, 2.05) is 0 Å². The molecule has 108 valence electrons. The molecule has 0 radical (unpaired) electrons. The van der Waals surface area contributed by atoms with Crippen molar-refractivity contribution in [1.29, 1.82) is 0 Å². The van der Waals surface area contributed by atoms with Gasteiger partial charge in [0.2, 0.25) is 0 Å². The van der Waals surface area contributed by atoms with Gasteiger partial charge in [-0.25, -0.2) is 0 Å². The molecular formula is C11H23NO5S. The van der Waals surface area contributed by atoms with E-state index in [4.69, 9.17) is 15.0 Å². The number of hydrogen-bond acceptors (Lipinski definition) is 5. The Hall–Kier alpha value is -0.660. The molecule has 0 aliphatic rings. The summed E-state index contributed by atoms with van der Waals surface area (Å²) in [7, 11) is -4.24. The van der Waals surface area contributed by atoms with E-state index in [0.717, 1.165) is 19.3 Å². The second kappa shape index (κ2) is 9.29. The van der Waals surface area contributed by atoms with Crippen LogP contribution in [0.3, 0.4) is 0 Å². The Kier molecular flexibility index (Phi) is 8.95. The summed E-state index contributed by atoms with van der Waals surface area (Å²) in [4.78, 5) is 11.2. The Bertz CT molecular complexity index is 328. The van der Waals surface area contributed by atoms with Crippen molar-refractivity contribution >= 4 is 16.1 Å². The van der Waals surface area contributed by atoms with E-state index in [-0.39, 0.29) is 6.61 Å². The van der Waals surface area contributed by atoms with Gasteiger partial charge in [-0.3, -0.25) is 9.35 Å². The van der Waals surface area contributed by atoms with Gasteiger partial charge in [-0.2, -0.15) is 8.42 Å². The fourth-order valence-corrected chi connectivity index (χ4v) is 2.05. The largest absolute Gasteiger partial charge is 0.465 e. The van der Waals surface area contributed by atoms with E-state index in [1.54, 1.807) is 0 Å². The average molecular weight is 281 g/mol. The van der Waals surface area contributed by atoms with Gasteiger partial charge in [-0.15, -0.1) is 0 Å². The standard InChI is InChI=1S/C11H23NO5S/c1-2-3-4-5-6-7-8-17-11(13)10(12)9-18(14,15)16/h10H,2-9,12H2,1H3,(H,14,15,16)/t10-/m0/s1. The van der Waals surface area contributed by atoms with Crippen molar-refractivity contribution in [3.8, 4) is 0 Å². The Morgan fingerprint density at radius 3 is 2.33 bits per heavy atom. The monoisotopic (exact) mass is 281 g/mol. The van der Waals surface area contributed by atoms with Crippen molar-refractivity contribution < 1.29 is 22.5 Å². The summed E-state index contributed by atoms with van der Waals surface area (Å²) in [5.41, 5.74) is 5.27. The second-order valence-corrected chi connectivity index (χ2v) is 5.79. The molecule has 0 fully saturated rings. The molecule has 3 N–H and O–H groups in total. The van der Waals surface area contributed by atoms with Gasteiger partial charge in [-0.1, -0.05) is 39.0 Å². The van der Waals surface area contributed by atoms with Crippen LogP contribution in [0.4, 0.5) is 0 Å². The Morgan fingerprint density at radius 2 is 1.78 bits per heavy atom. The molecule has 18 heavy (non-hydrogen) atoms. The molecule has 0 aliphatic heterocycles. The first-order valence-corrected chi connectivity index (χ1v) is 7.85. The molecule has 0 unspecified atom stereocenters. The quantitative estimate of drug-likeness (QED) is 0.353. The van der Waals surface area contributed by atoms with Gasteiger partial charge in [0.15, 0.2) is 0 Å². The van der Waals surface area contributed by atoms with E-state index in [1.165, 1.54) is 19.3 Å². The summed E-state index contributed by atoms with van der Waals surface area (Å²) < 4.78 is 34.3. The van der Waals surface area contributed by atoms with Crippen LogP contribution in [0.5, 0.6) is 0 Å². The first kappa shape index (κ1) is 17.3. The zero-order chi connectivity index (χ0) is 14.0. The Labute approximate surface area is 109 Å². The molecular weight excluding hydrogens is 258 g/mol. The summed E-state index contributed by atoms with van der Waals surface area (Å²) in [5, 5.41) is 0. The summed E-state index contributed by atoms with van der Waals surface area (Å²) in [6.45, 7) is 2.38. The molecule has 7 heteroatoms. The minimum atomic E-state index is -4.24. The molecule has 0 saturated carbocycles. The van der Waals surface area contributed by atoms with Crippen LogP contribution < -0.4 is 5.73 Å². The lowest BCUT2D eigenvalue weighted by Gasteiger charge is -2.09. The normalized spacial score (nSPS) is 13.3. The third-order valence-corrected chi connectivity index (χ3v) is 3.22. The highest BCUT2D eigenvalue weighted by molar-refractivity contribution is 7.85. The average Bonchev–Trinajstić information content (AvgIpc) is 2.25. The van der Waals surface area contributed by atoms with Crippen LogP contribution in [-0.4, -0.2) is 37.3 Å². The van der Waals surface area contributed by atoms with E-state index in [0.29, 0.717) is 0 Å². The zero-order valence-electron chi connectivity index (χ0n) is 10.8. The summed E-state index contributed by atoms with van der Waals surface area (Å²) in [6.07, 6.45) is 6.38. The molecule has 0 aromatic heterocycles. The lowest BCUT2D eigenvalue weighted by atomic mass is 10.1. The van der Waals surface area contributed by atoms with Crippen molar-refractivity contribution in [2.75, 3.05) is 12.4 Å². The van der Waals surface area contributed by atoms with Crippen LogP contribution in [0.2, 0.25) is 0 Å². The molecule has 0 aromatic carbocycles. The van der Waals surface area contributed by atoms with Crippen molar-refractivity contribution in [2.24, 2.45) is 5.73 Å². The number of esters is 1. The molecule has 6 nitrogen and oxygen atoms in total. The summed E-state index contributed by atoms with van der Waals surface area (Å²) >= 11 is 0. The van der Waals surface area contributed by atoms with Crippen LogP contribution >= 0.6 is 0 Å². The maximum Gasteiger partial charge on any atom is 0.324 e. The first-order chi connectivity index (χ1) is 8.37. The van der Waals surface area contributed by atoms with E-state index >= 15 is 0 Å². The van der Waals surface area contributed by atoms with Crippen LogP contribution in [0.25, 0.3) is 0 Å². The van der Waals surface area contributed by atoms with E-state index in [9.17, 15) is 13.2 Å². The topological polar surface area (TPSA) is 107 Å². The molecule has 0 saturated heterocycles. The number of ether oxygens (including phenoxy) is 1. The molecule has 0 amide bonds. The van der Waals surface area contributed by atoms with Gasteiger partial charge in [0.25, 0.3) is 10.1 Å². The zero-order valence-corrected chi connectivity index (χ0v) is 11.6. The minimum Gasteiger partial charge on any atom is -0.465 e. The summed E-state index contributed by atoms with van der Waals surface area (Å²) in [5.74, 6) is -1.59. The predicted molar refractivity (Wildman–Crippen MR) is 68.7 cm³/mol. The fourth-order valence-electron chi connectivity index (χ4n) is 1.46. The van der Waals surface area contributed by atoms with Crippen LogP contribution in [-0.2, 0) is 19.6 Å². The first-order valence-electron chi connectivity index (χ1n) is 6.24. The lowest BCUT2D eigenvalue weighted by molar-refractivity contribution is -0.144. The minimum absolute atomic E-state index is 0.240. The number of rotatable bonds is 10. The van der Waals surface area contributed by atoms with Crippen molar-refractivity contribution in [2.45, 2.75) is 51.5 Å². The number of unbranched alkanes of at least 4 members (excludes halogenated alkanes) is 5. The number of hydrogen-bond donors (Lipinski definition) is 2. The number of carbonyl (C=O) groups is 1. The fraction of sp³-hybridized carbons (Fsp3) is 0.909. The third-order valence-electron chi connectivity index (χ3n) is 2.44. The highest BCUT2D eigenvalue weighted by atomic mass is 32.2. The Morgan fingerprint density at radius 1 is 1.22 bits per heavy atom. The van der Waals surface area contributed by atoms with Crippen molar-refractivity contribution in [3.63, 3.8) is 0 Å². The van der Waals surface area contributed by atoms with Crippen LogP contribution in [0.1, 0.15) is 45.4 Å². The van der Waals surface area contributed by atoms with Gasteiger partial charge >= 0.3 is 5.97 Å². The SMILES string of the molecule is CCCCCCCCOC(=O)[C@@H](N)CS(=O)(=O)O. The van der Waals surface area contributed by atoms with E-state index < -0.39 is 27.9 Å². The maximum atomic E-state index is 11.2. The summed E-state index contributed by atoms with van der Waals surface area (Å²) in [6, 6.07) is -1.32. The lowest BCUT2D eigenvalue weighted by Crippen LogP contribution is -2.38. The van der Waals surface area contributed by atoms with Crippen LogP contribution in [0, 0.1) is 0 Å². The Balaban J connectivity index is 3.58. The number of carbonyl (C=O) groups excluding carboxylic acids is 1. The smallest absolute Gasteiger partial charge is 0.324 e. The predicted octanol–water partition coefficient (Wildman–Crippen LogP) is 1.11. The molecule has 1 atom stereocenters. The van der Waals surface area contributed by atoms with Gasteiger partial charge in [0.1, 0.15) is 11.8 Å². The molecule has 0 aliphatic carbocycles. The van der Waals surface area contributed by atoms with E-state index in [2.05, 4.69) is 6.92 Å². The molecule has 0 spiro atoms. The van der Waals surface area contributed by atoms with Crippen LogP contribution in [0.15, 0.2) is 0 Å². The third kappa shape index (κ3) is 10.5.